The van der Waals surface area contributed by atoms with Crippen molar-refractivity contribution in [3.05, 3.63) is 58.2 Å². The third-order valence-electron chi connectivity index (χ3n) is 4.73. The predicted octanol–water partition coefficient (Wildman–Crippen LogP) is 8.42. The lowest BCUT2D eigenvalue weighted by Gasteiger charge is -2.04. The molecule has 0 spiro atoms. The lowest BCUT2D eigenvalue weighted by molar-refractivity contribution is -0.142. The summed E-state index contributed by atoms with van der Waals surface area (Å²) in [6, 6.07) is 0. The maximum absolute atomic E-state index is 11.9. The molecule has 0 heterocycles. The van der Waals surface area contributed by atoms with Crippen molar-refractivity contribution in [1.29, 1.82) is 0 Å². The van der Waals surface area contributed by atoms with Crippen molar-refractivity contribution in [3.63, 3.8) is 0 Å². The zero-order valence-corrected chi connectivity index (χ0v) is 20.1. The quantitative estimate of drug-likeness (QED) is 0.216. The minimum atomic E-state index is -0.114. The van der Waals surface area contributed by atoms with E-state index in [1.165, 1.54) is 27.9 Å². The maximum Gasteiger partial charge on any atom is 0.306 e. The molecule has 0 aromatic carbocycles. The minimum absolute atomic E-state index is 0.114. The first kappa shape index (κ1) is 27.2. The van der Waals surface area contributed by atoms with Crippen LogP contribution in [0, 0.1) is 0 Å². The topological polar surface area (TPSA) is 26.3 Å². The van der Waals surface area contributed by atoms with Crippen LogP contribution < -0.4 is 0 Å². The highest BCUT2D eigenvalue weighted by Gasteiger charge is 2.01. The molecule has 0 aromatic rings. The van der Waals surface area contributed by atoms with E-state index in [4.69, 9.17) is 4.74 Å². The van der Waals surface area contributed by atoms with Gasteiger partial charge in [-0.15, -0.1) is 0 Å². The molecule has 0 atom stereocenters. The summed E-state index contributed by atoms with van der Waals surface area (Å²) in [4.78, 5) is 11.9. The first-order valence-corrected chi connectivity index (χ1v) is 11.1. The second kappa shape index (κ2) is 17.1. The number of hydrogen-bond donors (Lipinski definition) is 0. The van der Waals surface area contributed by atoms with Gasteiger partial charge >= 0.3 is 5.97 Å². The molecule has 29 heavy (non-hydrogen) atoms. The van der Waals surface area contributed by atoms with Crippen LogP contribution in [0.2, 0.25) is 0 Å². The van der Waals surface area contributed by atoms with Crippen molar-refractivity contribution in [3.8, 4) is 0 Å². The third-order valence-corrected chi connectivity index (χ3v) is 4.73. The van der Waals surface area contributed by atoms with Crippen LogP contribution in [0.15, 0.2) is 58.2 Å². The van der Waals surface area contributed by atoms with Crippen LogP contribution in [-0.4, -0.2) is 12.6 Å². The molecular formula is C27H44O2. The molecule has 0 bridgehead atoms. The summed E-state index contributed by atoms with van der Waals surface area (Å²) in [6.07, 6.45) is 18.8. The van der Waals surface area contributed by atoms with Crippen LogP contribution in [0.3, 0.4) is 0 Å². The second-order valence-corrected chi connectivity index (χ2v) is 8.55. The average Bonchev–Trinajstić information content (AvgIpc) is 2.61. The molecule has 0 aliphatic carbocycles. The molecule has 0 aromatic heterocycles. The van der Waals surface area contributed by atoms with Gasteiger partial charge in [0.1, 0.15) is 6.61 Å². The summed E-state index contributed by atoms with van der Waals surface area (Å²) in [5.74, 6) is -0.114. The first-order chi connectivity index (χ1) is 13.7. The molecule has 0 saturated carbocycles. The van der Waals surface area contributed by atoms with E-state index < -0.39 is 0 Å². The highest BCUT2D eigenvalue weighted by molar-refractivity contribution is 5.69. The van der Waals surface area contributed by atoms with Gasteiger partial charge in [0, 0.05) is 6.42 Å². The van der Waals surface area contributed by atoms with Crippen molar-refractivity contribution >= 4 is 5.97 Å². The molecular weight excluding hydrogens is 356 g/mol. The summed E-state index contributed by atoms with van der Waals surface area (Å²) in [5, 5.41) is 0. The number of allylic oxidation sites excluding steroid dienone is 9. The SMILES string of the molecule is CC(C)=CCC/C(C)=C\COC(=O)CC/C=C(/C)CC/C=C(\C)CCC=C(C)C. The van der Waals surface area contributed by atoms with Gasteiger partial charge in [-0.25, -0.2) is 0 Å². The van der Waals surface area contributed by atoms with E-state index in [9.17, 15) is 4.79 Å². The lowest BCUT2D eigenvalue weighted by atomic mass is 10.1. The van der Waals surface area contributed by atoms with E-state index in [0.717, 1.165) is 44.9 Å². The van der Waals surface area contributed by atoms with Crippen LogP contribution >= 0.6 is 0 Å². The summed E-state index contributed by atoms with van der Waals surface area (Å²) >= 11 is 0. The smallest absolute Gasteiger partial charge is 0.306 e. The molecule has 0 aliphatic heterocycles. The molecule has 0 saturated heterocycles. The van der Waals surface area contributed by atoms with E-state index >= 15 is 0 Å². The van der Waals surface area contributed by atoms with Crippen molar-refractivity contribution in [2.24, 2.45) is 0 Å². The minimum Gasteiger partial charge on any atom is -0.461 e. The van der Waals surface area contributed by atoms with Gasteiger partial charge in [0.2, 0.25) is 0 Å². The zero-order valence-electron chi connectivity index (χ0n) is 20.1. The van der Waals surface area contributed by atoms with Gasteiger partial charge in [0.25, 0.3) is 0 Å². The van der Waals surface area contributed by atoms with Crippen LogP contribution in [-0.2, 0) is 9.53 Å². The van der Waals surface area contributed by atoms with Gasteiger partial charge in [0.05, 0.1) is 0 Å². The molecule has 164 valence electrons. The normalized spacial score (nSPS) is 12.6. The second-order valence-electron chi connectivity index (χ2n) is 8.55. The van der Waals surface area contributed by atoms with E-state index in [1.807, 2.05) is 6.08 Å². The summed E-state index contributed by atoms with van der Waals surface area (Å²) in [6.45, 7) is 15.4. The fourth-order valence-electron chi connectivity index (χ4n) is 2.81. The van der Waals surface area contributed by atoms with Crippen LogP contribution in [0.5, 0.6) is 0 Å². The Bertz CT molecular complexity index is 619. The number of carbonyl (C=O) groups is 1. The van der Waals surface area contributed by atoms with E-state index in [2.05, 4.69) is 72.8 Å². The summed E-state index contributed by atoms with van der Waals surface area (Å²) in [5.41, 5.74) is 6.82. The fraction of sp³-hybridized carbons (Fsp3) is 0.593. The van der Waals surface area contributed by atoms with Gasteiger partial charge in [-0.3, -0.25) is 4.79 Å². The first-order valence-electron chi connectivity index (χ1n) is 11.1. The number of esters is 1. The number of hydrogen-bond acceptors (Lipinski definition) is 2. The molecule has 0 N–H and O–H groups in total. The van der Waals surface area contributed by atoms with E-state index in [1.54, 1.807) is 0 Å². The standard InChI is InChI=1S/C27H44O2/c1-22(2)12-8-14-24(5)16-10-17-25(6)18-11-19-27(28)29-21-20-26(7)15-9-13-23(3)4/h12-13,16,18,20H,8-11,14-15,17,19,21H2,1-7H3/b24-16+,25-18-,26-20-. The number of rotatable bonds is 14. The molecule has 0 unspecified atom stereocenters. The highest BCUT2D eigenvalue weighted by Crippen LogP contribution is 2.12. The van der Waals surface area contributed by atoms with Crippen molar-refractivity contribution in [1.82, 2.24) is 0 Å². The Hall–Kier alpha value is -1.83. The molecule has 0 amide bonds. The molecule has 0 aliphatic rings. The molecule has 2 nitrogen and oxygen atoms in total. The monoisotopic (exact) mass is 400 g/mol. The van der Waals surface area contributed by atoms with Crippen LogP contribution in [0.4, 0.5) is 0 Å². The average molecular weight is 401 g/mol. The summed E-state index contributed by atoms with van der Waals surface area (Å²) < 4.78 is 5.31. The number of ether oxygens (including phenoxy) is 1. The van der Waals surface area contributed by atoms with Gasteiger partial charge in [0.15, 0.2) is 0 Å². The maximum atomic E-state index is 11.9. The van der Waals surface area contributed by atoms with Crippen molar-refractivity contribution in [2.45, 2.75) is 99.8 Å². The predicted molar refractivity (Wildman–Crippen MR) is 128 cm³/mol. The zero-order chi connectivity index (χ0) is 22.1. The van der Waals surface area contributed by atoms with E-state index in [-0.39, 0.29) is 5.97 Å². The Labute approximate surface area is 180 Å². The van der Waals surface area contributed by atoms with Gasteiger partial charge in [-0.2, -0.15) is 0 Å². The van der Waals surface area contributed by atoms with Crippen LogP contribution in [0.25, 0.3) is 0 Å². The lowest BCUT2D eigenvalue weighted by Crippen LogP contribution is -2.04. The Morgan fingerprint density at radius 1 is 0.552 bits per heavy atom. The van der Waals surface area contributed by atoms with E-state index in [0.29, 0.717) is 13.0 Å². The molecule has 2 heteroatoms. The van der Waals surface area contributed by atoms with Crippen molar-refractivity contribution < 1.29 is 9.53 Å². The Morgan fingerprint density at radius 3 is 1.38 bits per heavy atom. The Kier molecular flexibility index (Phi) is 16.0. The van der Waals surface area contributed by atoms with Gasteiger partial charge in [-0.05, 0) is 99.5 Å². The van der Waals surface area contributed by atoms with Gasteiger partial charge < -0.3 is 4.74 Å². The molecule has 0 rings (SSSR count). The highest BCUT2D eigenvalue weighted by atomic mass is 16.5. The van der Waals surface area contributed by atoms with Gasteiger partial charge in [-0.1, -0.05) is 52.2 Å². The fourth-order valence-corrected chi connectivity index (χ4v) is 2.81. The number of carbonyl (C=O) groups excluding carboxylic acids is 1. The van der Waals surface area contributed by atoms with Crippen molar-refractivity contribution in [2.75, 3.05) is 6.61 Å². The molecule has 0 radical (unpaired) electrons. The Morgan fingerprint density at radius 2 is 0.931 bits per heavy atom. The molecule has 0 fully saturated rings. The Balaban J connectivity index is 3.99. The van der Waals surface area contributed by atoms with Crippen LogP contribution in [0.1, 0.15) is 99.8 Å². The summed E-state index contributed by atoms with van der Waals surface area (Å²) in [7, 11) is 0. The largest absolute Gasteiger partial charge is 0.461 e. The third kappa shape index (κ3) is 19.3.